The molecule has 138 valence electrons. The molecule has 0 saturated heterocycles. The van der Waals surface area contributed by atoms with E-state index in [-0.39, 0.29) is 23.2 Å². The molecule has 0 unspecified atom stereocenters. The predicted octanol–water partition coefficient (Wildman–Crippen LogP) is 3.25. The minimum Gasteiger partial charge on any atom is -0.492 e. The Morgan fingerprint density at radius 2 is 1.92 bits per heavy atom. The Balaban J connectivity index is 2.09. The summed E-state index contributed by atoms with van der Waals surface area (Å²) in [5.41, 5.74) is 0.597. The molecule has 0 saturated carbocycles. The summed E-state index contributed by atoms with van der Waals surface area (Å²) in [4.78, 5) is 24.8. The fourth-order valence-electron chi connectivity index (χ4n) is 2.42. The molecule has 0 radical (unpaired) electrons. The molecule has 7 nitrogen and oxygen atoms in total. The average molecular weight is 357 g/mol. The molecule has 0 aliphatic heterocycles. The van der Waals surface area contributed by atoms with E-state index in [0.29, 0.717) is 18.8 Å². The minimum absolute atomic E-state index is 0.0426. The molecule has 1 amide bonds. The largest absolute Gasteiger partial charge is 0.492 e. The van der Waals surface area contributed by atoms with Crippen LogP contribution in [0.4, 0.5) is 11.4 Å². The van der Waals surface area contributed by atoms with Crippen LogP contribution in [-0.2, 0) is 0 Å². The summed E-state index contributed by atoms with van der Waals surface area (Å²) in [6, 6.07) is 13.8. The third kappa shape index (κ3) is 5.20. The van der Waals surface area contributed by atoms with Crippen molar-refractivity contribution in [3.05, 3.63) is 64.2 Å². The standard InChI is InChI=1S/C19H23N3O4/c1-14(2)20-19(23)15-9-10-17(18(13-15)22(24)25)21(3)11-12-26-16-7-5-4-6-8-16/h4-10,13-14H,11-12H2,1-3H3,(H,20,23). The number of hydrogen-bond donors (Lipinski definition) is 1. The van der Waals surface area contributed by atoms with Crippen LogP contribution in [0.3, 0.4) is 0 Å². The number of para-hydroxylation sites is 1. The van der Waals surface area contributed by atoms with Crippen molar-refractivity contribution in [2.75, 3.05) is 25.1 Å². The van der Waals surface area contributed by atoms with Gasteiger partial charge in [0.05, 0.1) is 11.5 Å². The maximum absolute atomic E-state index is 12.1. The summed E-state index contributed by atoms with van der Waals surface area (Å²) in [6.45, 7) is 4.52. The van der Waals surface area contributed by atoms with Crippen molar-refractivity contribution in [3.8, 4) is 5.75 Å². The maximum Gasteiger partial charge on any atom is 0.293 e. The quantitative estimate of drug-likeness (QED) is 0.579. The van der Waals surface area contributed by atoms with Gasteiger partial charge < -0.3 is 15.0 Å². The van der Waals surface area contributed by atoms with Crippen molar-refractivity contribution in [1.29, 1.82) is 0 Å². The Labute approximate surface area is 152 Å². The summed E-state index contributed by atoms with van der Waals surface area (Å²) < 4.78 is 5.63. The molecule has 26 heavy (non-hydrogen) atoms. The number of nitrogens with zero attached hydrogens (tertiary/aromatic N) is 2. The van der Waals surface area contributed by atoms with E-state index in [1.54, 1.807) is 24.1 Å². The lowest BCUT2D eigenvalue weighted by molar-refractivity contribution is -0.384. The second kappa shape index (κ2) is 8.84. The highest BCUT2D eigenvalue weighted by atomic mass is 16.6. The Bertz CT molecular complexity index is 763. The zero-order chi connectivity index (χ0) is 19.1. The monoisotopic (exact) mass is 357 g/mol. The van der Waals surface area contributed by atoms with Crippen molar-refractivity contribution >= 4 is 17.3 Å². The van der Waals surface area contributed by atoms with E-state index < -0.39 is 4.92 Å². The second-order valence-corrected chi connectivity index (χ2v) is 6.17. The molecule has 0 aliphatic rings. The van der Waals surface area contributed by atoms with Crippen molar-refractivity contribution in [1.82, 2.24) is 5.32 Å². The Morgan fingerprint density at radius 3 is 2.54 bits per heavy atom. The average Bonchev–Trinajstić information content (AvgIpc) is 2.61. The molecule has 0 heterocycles. The van der Waals surface area contributed by atoms with Gasteiger partial charge in [-0.25, -0.2) is 0 Å². The van der Waals surface area contributed by atoms with Gasteiger partial charge in [0.15, 0.2) is 0 Å². The van der Waals surface area contributed by atoms with E-state index in [1.807, 2.05) is 44.2 Å². The predicted molar refractivity (Wildman–Crippen MR) is 101 cm³/mol. The summed E-state index contributed by atoms with van der Waals surface area (Å²) in [6.07, 6.45) is 0. The molecule has 2 aromatic carbocycles. The van der Waals surface area contributed by atoms with E-state index in [2.05, 4.69) is 5.32 Å². The van der Waals surface area contributed by atoms with Crippen molar-refractivity contribution in [3.63, 3.8) is 0 Å². The number of benzene rings is 2. The highest BCUT2D eigenvalue weighted by Crippen LogP contribution is 2.28. The number of carbonyl (C=O) groups excluding carboxylic acids is 1. The van der Waals surface area contributed by atoms with Crippen LogP contribution >= 0.6 is 0 Å². The van der Waals surface area contributed by atoms with Crippen LogP contribution < -0.4 is 15.0 Å². The first kappa shape index (κ1) is 19.2. The first-order valence-corrected chi connectivity index (χ1v) is 8.36. The fraction of sp³-hybridized carbons (Fsp3) is 0.316. The van der Waals surface area contributed by atoms with E-state index >= 15 is 0 Å². The Morgan fingerprint density at radius 1 is 1.23 bits per heavy atom. The number of nitro groups is 1. The smallest absolute Gasteiger partial charge is 0.293 e. The molecule has 0 aliphatic carbocycles. The zero-order valence-electron chi connectivity index (χ0n) is 15.1. The van der Waals surface area contributed by atoms with Crippen molar-refractivity contribution < 1.29 is 14.5 Å². The SMILES string of the molecule is CC(C)NC(=O)c1ccc(N(C)CCOc2ccccc2)c([N+](=O)[O-])c1. The summed E-state index contributed by atoms with van der Waals surface area (Å²) >= 11 is 0. The third-order valence-electron chi connectivity index (χ3n) is 3.70. The number of rotatable bonds is 8. The first-order chi connectivity index (χ1) is 12.4. The van der Waals surface area contributed by atoms with E-state index in [1.165, 1.54) is 6.07 Å². The van der Waals surface area contributed by atoms with Crippen LogP contribution in [0.5, 0.6) is 5.75 Å². The number of nitrogens with one attached hydrogen (secondary N) is 1. The Kier molecular flexibility index (Phi) is 6.54. The van der Waals surface area contributed by atoms with E-state index in [0.717, 1.165) is 5.75 Å². The normalized spacial score (nSPS) is 10.5. The van der Waals surface area contributed by atoms with Crippen molar-refractivity contribution in [2.24, 2.45) is 0 Å². The second-order valence-electron chi connectivity index (χ2n) is 6.17. The number of hydrogen-bond acceptors (Lipinski definition) is 5. The van der Waals surface area contributed by atoms with Gasteiger partial charge in [0.2, 0.25) is 0 Å². The topological polar surface area (TPSA) is 84.7 Å². The summed E-state index contributed by atoms with van der Waals surface area (Å²) in [5.74, 6) is 0.417. The molecule has 0 bridgehead atoms. The lowest BCUT2D eigenvalue weighted by atomic mass is 10.1. The highest BCUT2D eigenvalue weighted by molar-refractivity contribution is 5.95. The van der Waals surface area contributed by atoms with E-state index in [4.69, 9.17) is 4.74 Å². The van der Waals surface area contributed by atoms with Gasteiger partial charge in [0.1, 0.15) is 18.0 Å². The van der Waals surface area contributed by atoms with Crippen LogP contribution in [0.1, 0.15) is 24.2 Å². The molecule has 7 heteroatoms. The number of likely N-dealkylation sites (N-methyl/N-ethyl adjacent to an activating group) is 1. The molecule has 0 atom stereocenters. The highest BCUT2D eigenvalue weighted by Gasteiger charge is 2.20. The van der Waals surface area contributed by atoms with Crippen molar-refractivity contribution in [2.45, 2.75) is 19.9 Å². The van der Waals surface area contributed by atoms with Gasteiger partial charge >= 0.3 is 0 Å². The van der Waals surface area contributed by atoms with Crippen LogP contribution in [0.15, 0.2) is 48.5 Å². The number of ether oxygens (including phenoxy) is 1. The van der Waals surface area contributed by atoms with Crippen LogP contribution in [0.2, 0.25) is 0 Å². The summed E-state index contributed by atoms with van der Waals surface area (Å²) in [5, 5.41) is 14.2. The lowest BCUT2D eigenvalue weighted by Gasteiger charge is -2.20. The molecule has 0 aromatic heterocycles. The molecular formula is C19H23N3O4. The molecular weight excluding hydrogens is 334 g/mol. The van der Waals surface area contributed by atoms with Crippen LogP contribution in [0, 0.1) is 10.1 Å². The van der Waals surface area contributed by atoms with Crippen LogP contribution in [-0.4, -0.2) is 37.1 Å². The number of carbonyl (C=O) groups is 1. The number of amides is 1. The third-order valence-corrected chi connectivity index (χ3v) is 3.70. The summed E-state index contributed by atoms with van der Waals surface area (Å²) in [7, 11) is 1.75. The van der Waals surface area contributed by atoms with Gasteiger partial charge in [-0.1, -0.05) is 18.2 Å². The molecule has 1 N–H and O–H groups in total. The van der Waals surface area contributed by atoms with E-state index in [9.17, 15) is 14.9 Å². The Hall–Kier alpha value is -3.09. The fourth-order valence-corrected chi connectivity index (χ4v) is 2.42. The van der Waals surface area contributed by atoms with Gasteiger partial charge in [-0.05, 0) is 38.1 Å². The zero-order valence-corrected chi connectivity index (χ0v) is 15.1. The molecule has 0 spiro atoms. The lowest BCUT2D eigenvalue weighted by Crippen LogP contribution is -2.30. The van der Waals surface area contributed by atoms with Gasteiger partial charge in [-0.3, -0.25) is 14.9 Å². The van der Waals surface area contributed by atoms with Gasteiger partial charge in [-0.2, -0.15) is 0 Å². The molecule has 0 fully saturated rings. The minimum atomic E-state index is -0.476. The number of anilines is 1. The van der Waals surface area contributed by atoms with Gasteiger partial charge in [-0.15, -0.1) is 0 Å². The van der Waals surface area contributed by atoms with Crippen LogP contribution in [0.25, 0.3) is 0 Å². The van der Waals surface area contributed by atoms with Gasteiger partial charge in [0.25, 0.3) is 11.6 Å². The number of nitro benzene ring substituents is 1. The van der Waals surface area contributed by atoms with Gasteiger partial charge in [0, 0.05) is 24.7 Å². The first-order valence-electron chi connectivity index (χ1n) is 8.36. The maximum atomic E-state index is 12.1. The molecule has 2 aromatic rings. The molecule has 2 rings (SSSR count).